The van der Waals surface area contributed by atoms with Crippen molar-refractivity contribution < 1.29 is 17.6 Å². The highest BCUT2D eigenvalue weighted by molar-refractivity contribution is 7.93. The Labute approximate surface area is 201 Å². The van der Waals surface area contributed by atoms with E-state index >= 15 is 0 Å². The molecule has 33 heavy (non-hydrogen) atoms. The molecule has 4 nitrogen and oxygen atoms in total. The molecule has 0 aromatic heterocycles. The standard InChI is InChI=1S/C27H40O4SSi/c1-19(2)25(31-33(20(3)4,21(5)6)22(7)8)27(26(30-27)23-15-11-9-12-16-23)32(28,29)24-17-13-10-14-18-24/h9-22,25-26H,1-8H3/t25-,26-,27-/m0/s1. The second-order valence-corrected chi connectivity index (χ2v) is 18.1. The van der Waals surface area contributed by atoms with Crippen LogP contribution in [0, 0.1) is 5.92 Å². The summed E-state index contributed by atoms with van der Waals surface area (Å²) in [5.41, 5.74) is 1.88. The van der Waals surface area contributed by atoms with Gasteiger partial charge in [-0.3, -0.25) is 0 Å². The minimum absolute atomic E-state index is 0.0414. The smallest absolute Gasteiger partial charge is 0.229 e. The van der Waals surface area contributed by atoms with Crippen LogP contribution in [-0.4, -0.2) is 27.8 Å². The molecule has 0 aliphatic carbocycles. The van der Waals surface area contributed by atoms with Gasteiger partial charge in [-0.1, -0.05) is 104 Å². The summed E-state index contributed by atoms with van der Waals surface area (Å²) in [7, 11) is -6.22. The second kappa shape index (κ2) is 9.65. The van der Waals surface area contributed by atoms with Crippen LogP contribution in [0.3, 0.4) is 0 Å². The lowest BCUT2D eigenvalue weighted by molar-refractivity contribution is 0.0790. The summed E-state index contributed by atoms with van der Waals surface area (Å²) in [6, 6.07) is 18.4. The van der Waals surface area contributed by atoms with Gasteiger partial charge in [-0.25, -0.2) is 8.42 Å². The van der Waals surface area contributed by atoms with Crippen LogP contribution in [0.5, 0.6) is 0 Å². The molecular formula is C27H40O4SSi. The van der Waals surface area contributed by atoms with Gasteiger partial charge in [0.05, 0.1) is 11.0 Å². The molecule has 1 aliphatic heterocycles. The first-order chi connectivity index (χ1) is 15.4. The lowest BCUT2D eigenvalue weighted by Crippen LogP contribution is -2.56. The van der Waals surface area contributed by atoms with Gasteiger partial charge in [0.1, 0.15) is 6.10 Å². The number of sulfone groups is 1. The maximum Gasteiger partial charge on any atom is 0.229 e. The van der Waals surface area contributed by atoms with Crippen LogP contribution < -0.4 is 0 Å². The van der Waals surface area contributed by atoms with Gasteiger partial charge in [-0.05, 0) is 40.2 Å². The van der Waals surface area contributed by atoms with Crippen molar-refractivity contribution in [1.82, 2.24) is 0 Å². The molecule has 182 valence electrons. The van der Waals surface area contributed by atoms with Crippen LogP contribution >= 0.6 is 0 Å². The quantitative estimate of drug-likeness (QED) is 0.263. The van der Waals surface area contributed by atoms with Crippen LogP contribution in [0.1, 0.15) is 67.1 Å². The molecule has 3 atom stereocenters. The van der Waals surface area contributed by atoms with Crippen LogP contribution in [0.2, 0.25) is 16.6 Å². The van der Waals surface area contributed by atoms with Crippen molar-refractivity contribution >= 4 is 18.2 Å². The van der Waals surface area contributed by atoms with Gasteiger partial charge in [-0.15, -0.1) is 0 Å². The van der Waals surface area contributed by atoms with Crippen molar-refractivity contribution in [3.63, 3.8) is 0 Å². The number of epoxide rings is 1. The van der Waals surface area contributed by atoms with E-state index in [0.717, 1.165) is 5.56 Å². The summed E-state index contributed by atoms with van der Waals surface area (Å²) >= 11 is 0. The first-order valence-electron chi connectivity index (χ1n) is 12.1. The third kappa shape index (κ3) is 4.35. The molecule has 1 fully saturated rings. The fourth-order valence-electron chi connectivity index (χ4n) is 5.75. The van der Waals surface area contributed by atoms with E-state index in [1.54, 1.807) is 24.3 Å². The predicted octanol–water partition coefficient (Wildman–Crippen LogP) is 7.14. The lowest BCUT2D eigenvalue weighted by Gasteiger charge is -2.46. The first-order valence-corrected chi connectivity index (χ1v) is 15.8. The Morgan fingerprint density at radius 1 is 0.788 bits per heavy atom. The van der Waals surface area contributed by atoms with E-state index in [1.807, 2.05) is 36.4 Å². The Bertz CT molecular complexity index is 997. The highest BCUT2D eigenvalue weighted by Gasteiger charge is 2.73. The minimum Gasteiger partial charge on any atom is -0.409 e. The van der Waals surface area contributed by atoms with Crippen LogP contribution in [0.15, 0.2) is 65.6 Å². The summed E-state index contributed by atoms with van der Waals surface area (Å²) in [4.78, 5) is -1.16. The molecule has 3 rings (SSSR count). The van der Waals surface area contributed by atoms with E-state index in [9.17, 15) is 8.42 Å². The van der Waals surface area contributed by atoms with Crippen molar-refractivity contribution in [3.8, 4) is 0 Å². The Kier molecular flexibility index (Phi) is 7.64. The molecule has 2 aromatic rings. The second-order valence-electron chi connectivity index (χ2n) is 10.5. The van der Waals surface area contributed by atoms with E-state index in [0.29, 0.717) is 16.6 Å². The van der Waals surface area contributed by atoms with E-state index < -0.39 is 35.3 Å². The number of ether oxygens (including phenoxy) is 1. The van der Waals surface area contributed by atoms with E-state index in [1.165, 1.54) is 0 Å². The molecule has 0 N–H and O–H groups in total. The molecule has 1 heterocycles. The summed E-state index contributed by atoms with van der Waals surface area (Å²) in [6.07, 6.45) is -1.14. The molecule has 0 bridgehead atoms. The average molecular weight is 489 g/mol. The molecule has 1 aliphatic rings. The Morgan fingerprint density at radius 3 is 1.67 bits per heavy atom. The van der Waals surface area contributed by atoms with Crippen molar-refractivity contribution in [2.24, 2.45) is 5.92 Å². The zero-order chi connectivity index (χ0) is 24.6. The molecular weight excluding hydrogens is 448 g/mol. The van der Waals surface area contributed by atoms with Crippen LogP contribution in [0.25, 0.3) is 0 Å². The lowest BCUT2D eigenvalue weighted by atomic mass is 9.99. The van der Waals surface area contributed by atoms with Crippen molar-refractivity contribution in [3.05, 3.63) is 66.2 Å². The first kappa shape index (κ1) is 26.1. The molecule has 6 heteroatoms. The van der Waals surface area contributed by atoms with Crippen LogP contribution in [-0.2, 0) is 19.0 Å². The SMILES string of the molecule is CC(C)[C@H](O[Si](C(C)C)(C(C)C)C(C)C)[C@@]1(S(=O)(=O)c2ccccc2)O[C@H]1c1ccccc1. The zero-order valence-electron chi connectivity index (χ0n) is 21.3. The molecule has 2 aromatic carbocycles. The van der Waals surface area contributed by atoms with E-state index in [2.05, 4.69) is 55.4 Å². The van der Waals surface area contributed by atoms with Gasteiger partial charge >= 0.3 is 0 Å². The van der Waals surface area contributed by atoms with Crippen molar-refractivity contribution in [2.75, 3.05) is 0 Å². The van der Waals surface area contributed by atoms with E-state index in [-0.39, 0.29) is 10.8 Å². The monoisotopic (exact) mass is 488 g/mol. The fraction of sp³-hybridized carbons (Fsp3) is 0.556. The van der Waals surface area contributed by atoms with Crippen molar-refractivity contribution in [2.45, 2.75) is 94.0 Å². The van der Waals surface area contributed by atoms with Gasteiger partial charge < -0.3 is 9.16 Å². The highest BCUT2D eigenvalue weighted by atomic mass is 32.2. The van der Waals surface area contributed by atoms with Crippen molar-refractivity contribution in [1.29, 1.82) is 0 Å². The van der Waals surface area contributed by atoms with Gasteiger partial charge in [0.25, 0.3) is 0 Å². The number of hydrogen-bond acceptors (Lipinski definition) is 4. The molecule has 0 spiro atoms. The topological polar surface area (TPSA) is 55.9 Å². The summed E-state index contributed by atoms with van der Waals surface area (Å²) in [5.74, 6) is -0.0414. The molecule has 1 saturated heterocycles. The highest BCUT2D eigenvalue weighted by Crippen LogP contribution is 2.61. The number of hydrogen-bond donors (Lipinski definition) is 0. The van der Waals surface area contributed by atoms with E-state index in [4.69, 9.17) is 9.16 Å². The van der Waals surface area contributed by atoms with Gasteiger partial charge in [0, 0.05) is 0 Å². The zero-order valence-corrected chi connectivity index (χ0v) is 23.1. The van der Waals surface area contributed by atoms with Gasteiger partial charge in [-0.2, -0.15) is 0 Å². The summed E-state index contributed by atoms with van der Waals surface area (Å²) in [5, 5.41) is 0. The Balaban J connectivity index is 2.21. The third-order valence-corrected chi connectivity index (χ3v) is 15.6. The Hall–Kier alpha value is -1.47. The average Bonchev–Trinajstić information content (AvgIpc) is 3.52. The largest absolute Gasteiger partial charge is 0.409 e. The summed E-state index contributed by atoms with van der Waals surface area (Å²) in [6.45, 7) is 17.5. The third-order valence-electron chi connectivity index (χ3n) is 7.23. The number of benzene rings is 2. The predicted molar refractivity (Wildman–Crippen MR) is 137 cm³/mol. The molecule has 0 amide bonds. The maximum absolute atomic E-state index is 14.3. The minimum atomic E-state index is -3.84. The fourth-order valence-corrected chi connectivity index (χ4v) is 13.7. The summed E-state index contributed by atoms with van der Waals surface area (Å²) < 4.78 is 42.0. The number of rotatable bonds is 10. The maximum atomic E-state index is 14.3. The Morgan fingerprint density at radius 2 is 1.24 bits per heavy atom. The normalized spacial score (nSPS) is 22.4. The van der Waals surface area contributed by atoms with Crippen LogP contribution in [0.4, 0.5) is 0 Å². The van der Waals surface area contributed by atoms with Gasteiger partial charge in [0.2, 0.25) is 23.1 Å². The molecule has 0 radical (unpaired) electrons. The molecule has 0 saturated carbocycles. The van der Waals surface area contributed by atoms with Gasteiger partial charge in [0.15, 0.2) is 0 Å². The molecule has 0 unspecified atom stereocenters.